The van der Waals surface area contributed by atoms with Crippen LogP contribution in [-0.2, 0) is 14.3 Å². The van der Waals surface area contributed by atoms with E-state index >= 15 is 0 Å². The zero-order chi connectivity index (χ0) is 18.6. The molecule has 0 aromatic carbocycles. The zero-order valence-electron chi connectivity index (χ0n) is 16.2. The second-order valence-corrected chi connectivity index (χ2v) is 9.29. The lowest BCUT2D eigenvalue weighted by atomic mass is 9.43. The largest absolute Gasteiger partial charge is 0.469 e. The molecule has 0 saturated heterocycles. The highest BCUT2D eigenvalue weighted by molar-refractivity contribution is 5.97. The molecule has 2 saturated carbocycles. The molecule has 1 N–H and O–H groups in total. The van der Waals surface area contributed by atoms with Gasteiger partial charge in [0.2, 0.25) is 0 Å². The van der Waals surface area contributed by atoms with Gasteiger partial charge in [0.1, 0.15) is 0 Å². The summed E-state index contributed by atoms with van der Waals surface area (Å²) in [5.41, 5.74) is -0.892. The molecule has 0 amide bonds. The van der Waals surface area contributed by atoms with Crippen LogP contribution in [-0.4, -0.2) is 29.6 Å². The maximum atomic E-state index is 12.7. The summed E-state index contributed by atoms with van der Waals surface area (Å²) in [5, 5.41) is 11.5. The monoisotopic (exact) mass is 348 g/mol. The van der Waals surface area contributed by atoms with E-state index in [1.807, 2.05) is 26.8 Å². The van der Waals surface area contributed by atoms with Gasteiger partial charge in [0, 0.05) is 12.3 Å². The van der Waals surface area contributed by atoms with Crippen molar-refractivity contribution in [3.05, 3.63) is 11.6 Å². The van der Waals surface area contributed by atoms with Crippen molar-refractivity contribution in [2.24, 2.45) is 28.6 Å². The SMILES string of the molecule is COC(=O)[C@@]1(C)CCC[C@@]2(C)C1CC[C@]1(O)C=C(C(C)C)C(=O)C[C@@H]12. The van der Waals surface area contributed by atoms with Gasteiger partial charge in [-0.1, -0.05) is 27.2 Å². The van der Waals surface area contributed by atoms with Crippen molar-refractivity contribution in [2.75, 3.05) is 7.11 Å². The molecule has 5 atom stereocenters. The van der Waals surface area contributed by atoms with Gasteiger partial charge in [-0.15, -0.1) is 0 Å². The van der Waals surface area contributed by atoms with Crippen molar-refractivity contribution in [3.8, 4) is 0 Å². The number of ketones is 1. The molecular weight excluding hydrogens is 316 g/mol. The van der Waals surface area contributed by atoms with E-state index in [-0.39, 0.29) is 34.9 Å². The fraction of sp³-hybridized carbons (Fsp3) is 0.810. The summed E-state index contributed by atoms with van der Waals surface area (Å²) in [5.74, 6) is 0.187. The van der Waals surface area contributed by atoms with Crippen molar-refractivity contribution in [2.45, 2.75) is 71.8 Å². The second-order valence-electron chi connectivity index (χ2n) is 9.29. The Morgan fingerprint density at radius 3 is 2.52 bits per heavy atom. The Kier molecular flexibility index (Phi) is 4.42. The van der Waals surface area contributed by atoms with E-state index in [1.165, 1.54) is 7.11 Å². The number of hydrogen-bond donors (Lipinski definition) is 1. The number of Topliss-reactive ketones (excluding diaryl/α,β-unsaturated/α-hetero) is 1. The summed E-state index contributed by atoms with van der Waals surface area (Å²) in [4.78, 5) is 25.3. The average molecular weight is 348 g/mol. The second kappa shape index (κ2) is 5.94. The Balaban J connectivity index is 2.04. The predicted octanol–water partition coefficient (Wildman–Crippen LogP) is 3.67. The average Bonchev–Trinajstić information content (AvgIpc) is 2.54. The molecule has 4 nitrogen and oxygen atoms in total. The molecule has 0 spiro atoms. The summed E-state index contributed by atoms with van der Waals surface area (Å²) in [7, 11) is 1.46. The summed E-state index contributed by atoms with van der Waals surface area (Å²) >= 11 is 0. The van der Waals surface area contributed by atoms with Crippen LogP contribution in [0.5, 0.6) is 0 Å². The molecule has 4 heteroatoms. The third kappa shape index (κ3) is 2.59. The van der Waals surface area contributed by atoms with Crippen molar-refractivity contribution < 1.29 is 19.4 Å². The van der Waals surface area contributed by atoms with Crippen LogP contribution >= 0.6 is 0 Å². The number of allylic oxidation sites excluding steroid dienone is 1. The Labute approximate surface area is 151 Å². The number of aliphatic hydroxyl groups is 1. The highest BCUT2D eigenvalue weighted by Crippen LogP contribution is 2.64. The quantitative estimate of drug-likeness (QED) is 0.774. The summed E-state index contributed by atoms with van der Waals surface area (Å²) < 4.78 is 5.14. The number of esters is 1. The van der Waals surface area contributed by atoms with Gasteiger partial charge >= 0.3 is 5.97 Å². The first-order valence-corrected chi connectivity index (χ1v) is 9.65. The highest BCUT2D eigenvalue weighted by Gasteiger charge is 2.63. The van der Waals surface area contributed by atoms with Crippen LogP contribution in [0.15, 0.2) is 11.6 Å². The van der Waals surface area contributed by atoms with E-state index in [9.17, 15) is 14.7 Å². The van der Waals surface area contributed by atoms with Gasteiger partial charge in [-0.25, -0.2) is 0 Å². The lowest BCUT2D eigenvalue weighted by Crippen LogP contribution is -2.61. The van der Waals surface area contributed by atoms with Gasteiger partial charge in [0.05, 0.1) is 18.1 Å². The molecule has 0 heterocycles. The number of ether oxygens (including phenoxy) is 1. The van der Waals surface area contributed by atoms with Gasteiger partial charge in [0.15, 0.2) is 5.78 Å². The minimum atomic E-state index is -0.923. The molecule has 0 aliphatic heterocycles. The number of fused-ring (bicyclic) bond motifs is 3. The lowest BCUT2D eigenvalue weighted by Gasteiger charge is -2.61. The Morgan fingerprint density at radius 1 is 1.24 bits per heavy atom. The number of hydrogen-bond acceptors (Lipinski definition) is 4. The molecule has 0 aromatic heterocycles. The maximum Gasteiger partial charge on any atom is 0.311 e. The van der Waals surface area contributed by atoms with Gasteiger partial charge in [-0.3, -0.25) is 9.59 Å². The number of carbonyl (C=O) groups excluding carboxylic acids is 2. The first kappa shape index (κ1) is 18.6. The smallest absolute Gasteiger partial charge is 0.311 e. The number of methoxy groups -OCH3 is 1. The zero-order valence-corrected chi connectivity index (χ0v) is 16.2. The molecule has 0 aromatic rings. The van der Waals surface area contributed by atoms with E-state index in [1.54, 1.807) is 0 Å². The number of carbonyl (C=O) groups is 2. The molecular formula is C21H32O4. The Hall–Kier alpha value is -1.16. The topological polar surface area (TPSA) is 63.6 Å². The van der Waals surface area contributed by atoms with E-state index in [4.69, 9.17) is 4.74 Å². The summed E-state index contributed by atoms with van der Waals surface area (Å²) in [6.07, 6.45) is 6.38. The lowest BCUT2D eigenvalue weighted by molar-refractivity contribution is -0.189. The van der Waals surface area contributed by atoms with Gasteiger partial charge in [0.25, 0.3) is 0 Å². The molecule has 0 radical (unpaired) electrons. The van der Waals surface area contributed by atoms with Crippen LogP contribution in [0, 0.1) is 28.6 Å². The standard InChI is InChI=1S/C21H32O4/c1-13(2)14-12-21(24)10-7-16-19(3,17(21)11-15(14)22)8-6-9-20(16,4)18(23)25-5/h12-13,16-17,24H,6-11H2,1-5H3/t16?,17-,19+,20+,21+/m1/s1. The van der Waals surface area contributed by atoms with Crippen LogP contribution in [0.3, 0.4) is 0 Å². The van der Waals surface area contributed by atoms with Crippen molar-refractivity contribution in [3.63, 3.8) is 0 Å². The minimum Gasteiger partial charge on any atom is -0.469 e. The van der Waals surface area contributed by atoms with Gasteiger partial charge in [-0.05, 0) is 61.5 Å². The fourth-order valence-electron chi connectivity index (χ4n) is 6.30. The van der Waals surface area contributed by atoms with Gasteiger partial charge in [-0.2, -0.15) is 0 Å². The summed E-state index contributed by atoms with van der Waals surface area (Å²) in [6.45, 7) is 8.23. The first-order valence-electron chi connectivity index (χ1n) is 9.65. The third-order valence-electron chi connectivity index (χ3n) is 7.60. The van der Waals surface area contributed by atoms with Crippen molar-refractivity contribution in [1.82, 2.24) is 0 Å². The van der Waals surface area contributed by atoms with Crippen LogP contribution in [0.4, 0.5) is 0 Å². The molecule has 25 heavy (non-hydrogen) atoms. The van der Waals surface area contributed by atoms with E-state index in [0.717, 1.165) is 31.3 Å². The molecule has 2 fully saturated rings. The maximum absolute atomic E-state index is 12.7. The van der Waals surface area contributed by atoms with Gasteiger partial charge < -0.3 is 9.84 Å². The normalized spacial score (nSPS) is 44.0. The molecule has 3 rings (SSSR count). The summed E-state index contributed by atoms with van der Waals surface area (Å²) in [6, 6.07) is 0. The molecule has 3 aliphatic carbocycles. The number of rotatable bonds is 2. The predicted molar refractivity (Wildman–Crippen MR) is 95.8 cm³/mol. The van der Waals surface area contributed by atoms with Crippen LogP contribution in [0.1, 0.15) is 66.2 Å². The van der Waals surface area contributed by atoms with E-state index < -0.39 is 11.0 Å². The van der Waals surface area contributed by atoms with E-state index in [2.05, 4.69) is 6.92 Å². The third-order valence-corrected chi connectivity index (χ3v) is 7.60. The molecule has 0 bridgehead atoms. The minimum absolute atomic E-state index is 0.113. The van der Waals surface area contributed by atoms with Crippen molar-refractivity contribution in [1.29, 1.82) is 0 Å². The van der Waals surface area contributed by atoms with Crippen LogP contribution in [0.2, 0.25) is 0 Å². The van der Waals surface area contributed by atoms with E-state index in [0.29, 0.717) is 12.8 Å². The van der Waals surface area contributed by atoms with Crippen LogP contribution < -0.4 is 0 Å². The fourth-order valence-corrected chi connectivity index (χ4v) is 6.30. The Morgan fingerprint density at radius 2 is 1.92 bits per heavy atom. The molecule has 3 aliphatic rings. The Bertz CT molecular complexity index is 621. The highest BCUT2D eigenvalue weighted by atomic mass is 16.5. The molecule has 140 valence electrons. The first-order chi connectivity index (χ1) is 11.6. The van der Waals surface area contributed by atoms with Crippen molar-refractivity contribution >= 4 is 11.8 Å². The van der Waals surface area contributed by atoms with Crippen LogP contribution in [0.25, 0.3) is 0 Å². The molecule has 1 unspecified atom stereocenters.